The molecule has 1 N–H and O–H groups in total. The molecule has 30 heavy (non-hydrogen) atoms. The van der Waals surface area contributed by atoms with Crippen molar-refractivity contribution in [2.75, 3.05) is 32.1 Å². The monoisotopic (exact) mass is 448 g/mol. The van der Waals surface area contributed by atoms with Crippen LogP contribution in [0, 0.1) is 0 Å². The zero-order valence-corrected chi connectivity index (χ0v) is 17.5. The Labute approximate surface area is 183 Å². The summed E-state index contributed by atoms with van der Waals surface area (Å²) in [4.78, 5) is 37.7. The summed E-state index contributed by atoms with van der Waals surface area (Å²) in [5.74, 6) is -1.03. The molecule has 1 aliphatic heterocycles. The summed E-state index contributed by atoms with van der Waals surface area (Å²) in [6.07, 6.45) is 1.61. The molecule has 0 bridgehead atoms. The minimum Gasteiger partial charge on any atom is -0.488 e. The van der Waals surface area contributed by atoms with Crippen LogP contribution in [-0.2, 0) is 19.1 Å². The van der Waals surface area contributed by atoms with Crippen LogP contribution in [0.4, 0.5) is 5.69 Å². The number of nitrogens with one attached hydrogen (secondary N) is 1. The fourth-order valence-corrected chi connectivity index (χ4v) is 3.02. The highest BCUT2D eigenvalue weighted by atomic mass is 35.5. The van der Waals surface area contributed by atoms with Crippen LogP contribution in [0.1, 0.15) is 5.56 Å². The van der Waals surface area contributed by atoms with Crippen LogP contribution < -0.4 is 10.1 Å². The summed E-state index contributed by atoms with van der Waals surface area (Å²) < 4.78 is 10.6. The van der Waals surface area contributed by atoms with Crippen LogP contribution in [0.3, 0.4) is 0 Å². The largest absolute Gasteiger partial charge is 0.488 e. The molecular formula is C21H18Cl2N2O5. The molecule has 2 aromatic carbocycles. The summed E-state index contributed by atoms with van der Waals surface area (Å²) >= 11 is 11.9. The second-order valence-corrected chi connectivity index (χ2v) is 7.34. The number of esters is 1. The molecule has 0 saturated carbocycles. The van der Waals surface area contributed by atoms with Crippen molar-refractivity contribution in [3.8, 4) is 5.75 Å². The van der Waals surface area contributed by atoms with Gasteiger partial charge in [0.05, 0.1) is 22.8 Å². The van der Waals surface area contributed by atoms with E-state index in [0.29, 0.717) is 27.0 Å². The van der Waals surface area contributed by atoms with Gasteiger partial charge in [-0.3, -0.25) is 9.59 Å². The van der Waals surface area contributed by atoms with Crippen molar-refractivity contribution in [3.05, 3.63) is 63.6 Å². The Morgan fingerprint density at radius 2 is 1.93 bits per heavy atom. The van der Waals surface area contributed by atoms with E-state index in [9.17, 15) is 14.4 Å². The number of benzene rings is 2. The van der Waals surface area contributed by atoms with Crippen LogP contribution in [-0.4, -0.2) is 49.5 Å². The van der Waals surface area contributed by atoms with Crippen LogP contribution in [0.2, 0.25) is 10.0 Å². The number of carbonyl (C=O) groups excluding carboxylic acids is 3. The number of para-hydroxylation sites is 1. The van der Waals surface area contributed by atoms with E-state index in [1.807, 2.05) is 0 Å². The first-order valence-corrected chi connectivity index (χ1v) is 9.67. The van der Waals surface area contributed by atoms with E-state index in [1.54, 1.807) is 48.5 Å². The van der Waals surface area contributed by atoms with E-state index >= 15 is 0 Å². The van der Waals surface area contributed by atoms with Gasteiger partial charge in [0.15, 0.2) is 6.61 Å². The Morgan fingerprint density at radius 1 is 1.17 bits per heavy atom. The molecule has 7 nitrogen and oxygen atoms in total. The van der Waals surface area contributed by atoms with Gasteiger partial charge in [0, 0.05) is 17.6 Å². The zero-order chi connectivity index (χ0) is 21.7. The van der Waals surface area contributed by atoms with Gasteiger partial charge in [-0.25, -0.2) is 4.79 Å². The second-order valence-electron chi connectivity index (χ2n) is 6.49. The number of halogens is 2. The number of anilines is 1. The van der Waals surface area contributed by atoms with Crippen molar-refractivity contribution in [3.63, 3.8) is 0 Å². The minimum atomic E-state index is -0.678. The van der Waals surface area contributed by atoms with E-state index < -0.39 is 24.4 Å². The molecule has 1 aliphatic rings. The second kappa shape index (κ2) is 9.65. The van der Waals surface area contributed by atoms with E-state index in [4.69, 9.17) is 32.7 Å². The number of likely N-dealkylation sites (N-methyl/N-ethyl adjacent to an activating group) is 1. The highest BCUT2D eigenvalue weighted by Crippen LogP contribution is 2.29. The molecule has 0 saturated heterocycles. The van der Waals surface area contributed by atoms with Crippen molar-refractivity contribution in [1.82, 2.24) is 4.90 Å². The third-order valence-electron chi connectivity index (χ3n) is 4.23. The number of nitrogens with zero attached hydrogens (tertiary/aromatic N) is 1. The van der Waals surface area contributed by atoms with Crippen molar-refractivity contribution < 1.29 is 23.9 Å². The summed E-state index contributed by atoms with van der Waals surface area (Å²) in [6, 6.07) is 11.8. The van der Waals surface area contributed by atoms with Crippen LogP contribution in [0.5, 0.6) is 5.75 Å². The number of hydrogen-bond acceptors (Lipinski definition) is 5. The number of hydrogen-bond donors (Lipinski definition) is 1. The van der Waals surface area contributed by atoms with Gasteiger partial charge >= 0.3 is 5.97 Å². The topological polar surface area (TPSA) is 84.9 Å². The Morgan fingerprint density at radius 3 is 2.70 bits per heavy atom. The number of ether oxygens (including phenoxy) is 2. The molecule has 0 radical (unpaired) electrons. The van der Waals surface area contributed by atoms with Gasteiger partial charge in [-0.05, 0) is 36.4 Å². The third-order valence-corrected chi connectivity index (χ3v) is 4.79. The fraction of sp³-hybridized carbons (Fsp3) is 0.190. The molecule has 0 atom stereocenters. The van der Waals surface area contributed by atoms with Gasteiger partial charge in [0.2, 0.25) is 5.91 Å². The van der Waals surface area contributed by atoms with Gasteiger partial charge in [0.25, 0.3) is 5.91 Å². The maximum absolute atomic E-state index is 12.3. The average Bonchev–Trinajstić information content (AvgIpc) is 2.72. The third kappa shape index (κ3) is 5.52. The maximum Gasteiger partial charge on any atom is 0.338 e. The van der Waals surface area contributed by atoms with Crippen molar-refractivity contribution in [2.24, 2.45) is 0 Å². The average molecular weight is 449 g/mol. The van der Waals surface area contributed by atoms with Gasteiger partial charge in [-0.1, -0.05) is 35.3 Å². The molecule has 9 heteroatoms. The number of rotatable bonds is 6. The molecule has 2 amide bonds. The Kier molecular flexibility index (Phi) is 6.97. The Hall–Kier alpha value is -3.03. The summed E-state index contributed by atoms with van der Waals surface area (Å²) in [6.45, 7) is -0.703. The zero-order valence-electron chi connectivity index (χ0n) is 16.0. The minimum absolute atomic E-state index is 0.0255. The van der Waals surface area contributed by atoms with Gasteiger partial charge in [0.1, 0.15) is 12.4 Å². The first-order valence-electron chi connectivity index (χ1n) is 8.92. The van der Waals surface area contributed by atoms with Crippen molar-refractivity contribution in [1.29, 1.82) is 0 Å². The normalized spacial score (nSPS) is 12.2. The van der Waals surface area contributed by atoms with E-state index in [-0.39, 0.29) is 18.7 Å². The standard InChI is InChI=1S/C21H18Cl2N2O5/c1-25(10-19(26)24-17-5-3-2-4-16(17)23)20(27)12-30-21(28)14-8-13-9-15(22)6-7-18(13)29-11-14/h2-9H,10-12H2,1H3,(H,24,26). The molecule has 0 aromatic heterocycles. The molecule has 0 unspecified atom stereocenters. The van der Waals surface area contributed by atoms with Crippen LogP contribution >= 0.6 is 23.2 Å². The van der Waals surface area contributed by atoms with Gasteiger partial charge in [-0.15, -0.1) is 0 Å². The SMILES string of the molecule is CN(CC(=O)Nc1ccccc1Cl)C(=O)COC(=O)C1=Cc2cc(Cl)ccc2OC1. The van der Waals surface area contributed by atoms with Crippen LogP contribution in [0.25, 0.3) is 6.08 Å². The van der Waals surface area contributed by atoms with Gasteiger partial charge in [-0.2, -0.15) is 0 Å². The smallest absolute Gasteiger partial charge is 0.338 e. The molecule has 1 heterocycles. The Bertz CT molecular complexity index is 1020. The van der Waals surface area contributed by atoms with Crippen molar-refractivity contribution >= 4 is 52.7 Å². The lowest BCUT2D eigenvalue weighted by Crippen LogP contribution is -2.37. The predicted octanol–water partition coefficient (Wildman–Crippen LogP) is 3.41. The summed E-state index contributed by atoms with van der Waals surface area (Å²) in [7, 11) is 1.43. The lowest BCUT2D eigenvalue weighted by Gasteiger charge is -2.19. The molecule has 0 aliphatic carbocycles. The molecular weight excluding hydrogens is 431 g/mol. The van der Waals surface area contributed by atoms with E-state index in [0.717, 1.165) is 4.90 Å². The van der Waals surface area contributed by atoms with E-state index in [1.165, 1.54) is 7.05 Å². The lowest BCUT2D eigenvalue weighted by atomic mass is 10.1. The van der Waals surface area contributed by atoms with Gasteiger partial charge < -0.3 is 19.7 Å². The lowest BCUT2D eigenvalue weighted by molar-refractivity contribution is -0.149. The predicted molar refractivity (Wildman–Crippen MR) is 114 cm³/mol. The molecule has 0 fully saturated rings. The molecule has 3 rings (SSSR count). The number of fused-ring (bicyclic) bond motifs is 1. The quantitative estimate of drug-likeness (QED) is 0.684. The fourth-order valence-electron chi connectivity index (χ4n) is 2.65. The number of amides is 2. The highest BCUT2D eigenvalue weighted by Gasteiger charge is 2.21. The maximum atomic E-state index is 12.3. The first kappa shape index (κ1) is 21.7. The van der Waals surface area contributed by atoms with Crippen LogP contribution in [0.15, 0.2) is 48.0 Å². The summed E-state index contributed by atoms with van der Waals surface area (Å²) in [5.41, 5.74) is 1.36. The van der Waals surface area contributed by atoms with Crippen molar-refractivity contribution in [2.45, 2.75) is 0 Å². The highest BCUT2D eigenvalue weighted by molar-refractivity contribution is 6.33. The molecule has 0 spiro atoms. The first-order chi connectivity index (χ1) is 14.3. The molecule has 156 valence electrons. The Balaban J connectivity index is 1.50. The number of carbonyl (C=O) groups is 3. The summed E-state index contributed by atoms with van der Waals surface area (Å²) in [5, 5.41) is 3.52. The molecule has 2 aromatic rings. The van der Waals surface area contributed by atoms with E-state index in [2.05, 4.69) is 5.32 Å².